The van der Waals surface area contributed by atoms with Gasteiger partial charge in [0.2, 0.25) is 10.0 Å². The van der Waals surface area contributed by atoms with Crippen molar-refractivity contribution in [1.82, 2.24) is 0 Å². The summed E-state index contributed by atoms with van der Waals surface area (Å²) in [6.07, 6.45) is 1.08. The van der Waals surface area contributed by atoms with Gasteiger partial charge in [0.05, 0.1) is 19.1 Å². The van der Waals surface area contributed by atoms with Gasteiger partial charge in [0, 0.05) is 0 Å². The molecular weight excluding hydrogens is 190 g/mol. The van der Waals surface area contributed by atoms with Gasteiger partial charge in [0.1, 0.15) is 5.75 Å². The number of rotatable bonds is 3. The monoisotopic (exact) mass is 200 g/mol. The van der Waals surface area contributed by atoms with Crippen LogP contribution in [-0.4, -0.2) is 21.8 Å². The first kappa shape index (κ1) is 9.85. The lowest BCUT2D eigenvalue weighted by atomic mass is 10.3. The smallest absolute Gasteiger partial charge is 0.229 e. The third-order valence-electron chi connectivity index (χ3n) is 1.34. The highest BCUT2D eigenvalue weighted by atomic mass is 32.2. The van der Waals surface area contributed by atoms with Crippen molar-refractivity contribution in [3.05, 3.63) is 24.3 Å². The lowest BCUT2D eigenvalue weighted by molar-refractivity contribution is 0.417. The van der Waals surface area contributed by atoms with Crippen molar-refractivity contribution in [2.45, 2.75) is 0 Å². The Morgan fingerprint density at radius 3 is 2.77 bits per heavy atom. The van der Waals surface area contributed by atoms with Crippen LogP contribution in [0, 0.1) is 6.07 Å². The average Bonchev–Trinajstić information content (AvgIpc) is 2.02. The molecule has 1 rings (SSSR count). The third-order valence-corrected chi connectivity index (χ3v) is 1.93. The molecule has 1 N–H and O–H groups in total. The van der Waals surface area contributed by atoms with Crippen LogP contribution in [0.25, 0.3) is 0 Å². The summed E-state index contributed by atoms with van der Waals surface area (Å²) in [4.78, 5) is 0. The largest absolute Gasteiger partial charge is 0.495 e. The SMILES string of the molecule is COc1cc[c]cc1NS(C)(=O)=O. The number of ether oxygens (including phenoxy) is 1. The molecule has 0 atom stereocenters. The maximum atomic E-state index is 10.9. The van der Waals surface area contributed by atoms with E-state index in [4.69, 9.17) is 4.74 Å². The molecule has 1 aromatic carbocycles. The van der Waals surface area contributed by atoms with E-state index in [0.29, 0.717) is 11.4 Å². The summed E-state index contributed by atoms with van der Waals surface area (Å²) in [7, 11) is -1.78. The van der Waals surface area contributed by atoms with E-state index in [1.165, 1.54) is 13.2 Å². The van der Waals surface area contributed by atoms with Crippen LogP contribution in [-0.2, 0) is 10.0 Å². The van der Waals surface area contributed by atoms with E-state index in [9.17, 15) is 8.42 Å². The Kier molecular flexibility index (Phi) is 2.77. The van der Waals surface area contributed by atoms with E-state index in [-0.39, 0.29) is 0 Å². The van der Waals surface area contributed by atoms with Crippen molar-refractivity contribution in [1.29, 1.82) is 0 Å². The summed E-state index contributed by atoms with van der Waals surface area (Å²) in [5.74, 6) is 0.476. The fourth-order valence-electron chi connectivity index (χ4n) is 0.874. The Morgan fingerprint density at radius 2 is 2.23 bits per heavy atom. The number of methoxy groups -OCH3 is 1. The van der Waals surface area contributed by atoms with Gasteiger partial charge in [-0.15, -0.1) is 0 Å². The van der Waals surface area contributed by atoms with Gasteiger partial charge in [0.15, 0.2) is 0 Å². The first-order valence-electron chi connectivity index (χ1n) is 3.55. The average molecular weight is 200 g/mol. The molecule has 0 unspecified atom stereocenters. The number of sulfonamides is 1. The van der Waals surface area contributed by atoms with E-state index in [1.807, 2.05) is 0 Å². The van der Waals surface area contributed by atoms with Crippen LogP contribution in [0.4, 0.5) is 5.69 Å². The zero-order valence-corrected chi connectivity index (χ0v) is 8.18. The summed E-state index contributed by atoms with van der Waals surface area (Å²) < 4.78 is 29.0. The molecular formula is C8H10NO3S. The molecule has 0 saturated heterocycles. The standard InChI is InChI=1S/C8H10NO3S/c1-12-8-6-4-3-5-7(8)9-13(2,10)11/h4-6,9H,1-2H3. The fourth-order valence-corrected chi connectivity index (χ4v) is 1.43. The molecule has 0 saturated carbocycles. The molecule has 0 bridgehead atoms. The highest BCUT2D eigenvalue weighted by Crippen LogP contribution is 2.23. The second-order valence-electron chi connectivity index (χ2n) is 2.50. The molecule has 1 aromatic rings. The van der Waals surface area contributed by atoms with E-state index >= 15 is 0 Å². The topological polar surface area (TPSA) is 55.4 Å². The van der Waals surface area contributed by atoms with Crippen LogP contribution in [0.5, 0.6) is 5.75 Å². The molecule has 0 amide bonds. The predicted octanol–water partition coefficient (Wildman–Crippen LogP) is 0.867. The van der Waals surface area contributed by atoms with Crippen LogP contribution in [0.2, 0.25) is 0 Å². The molecule has 0 fully saturated rings. The first-order chi connectivity index (χ1) is 6.03. The fraction of sp³-hybridized carbons (Fsp3) is 0.250. The van der Waals surface area contributed by atoms with Crippen molar-refractivity contribution in [2.24, 2.45) is 0 Å². The summed E-state index contributed by atoms with van der Waals surface area (Å²) in [6, 6.07) is 7.54. The minimum absolute atomic E-state index is 0.396. The molecule has 0 aliphatic heterocycles. The predicted molar refractivity (Wildman–Crippen MR) is 50.3 cm³/mol. The normalized spacial score (nSPS) is 10.9. The Bertz CT molecular complexity index is 386. The van der Waals surface area contributed by atoms with Gasteiger partial charge < -0.3 is 4.74 Å². The highest BCUT2D eigenvalue weighted by Gasteiger charge is 2.05. The Balaban J connectivity index is 3.01. The molecule has 1 radical (unpaired) electrons. The molecule has 5 heteroatoms. The second-order valence-corrected chi connectivity index (χ2v) is 4.25. The van der Waals surface area contributed by atoms with Crippen molar-refractivity contribution in [2.75, 3.05) is 18.1 Å². The summed E-state index contributed by atoms with van der Waals surface area (Å²) in [6.45, 7) is 0. The van der Waals surface area contributed by atoms with Gasteiger partial charge in [0.25, 0.3) is 0 Å². The highest BCUT2D eigenvalue weighted by molar-refractivity contribution is 7.92. The summed E-state index contributed by atoms with van der Waals surface area (Å²) in [5.41, 5.74) is 0.396. The van der Waals surface area contributed by atoms with Gasteiger partial charge in [-0.3, -0.25) is 4.72 Å². The second kappa shape index (κ2) is 3.66. The zero-order chi connectivity index (χ0) is 9.90. The van der Waals surface area contributed by atoms with Crippen molar-refractivity contribution < 1.29 is 13.2 Å². The molecule has 0 aromatic heterocycles. The maximum Gasteiger partial charge on any atom is 0.229 e. The van der Waals surface area contributed by atoms with E-state index < -0.39 is 10.0 Å². The molecule has 0 aliphatic rings. The van der Waals surface area contributed by atoms with Gasteiger partial charge >= 0.3 is 0 Å². The molecule has 0 spiro atoms. The van der Waals surface area contributed by atoms with E-state index in [0.717, 1.165) is 6.26 Å². The van der Waals surface area contributed by atoms with Crippen LogP contribution < -0.4 is 9.46 Å². The van der Waals surface area contributed by atoms with Crippen molar-refractivity contribution in [3.63, 3.8) is 0 Å². The van der Waals surface area contributed by atoms with Gasteiger partial charge in [-0.2, -0.15) is 0 Å². The van der Waals surface area contributed by atoms with Crippen LogP contribution in [0.1, 0.15) is 0 Å². The number of benzene rings is 1. The number of anilines is 1. The minimum Gasteiger partial charge on any atom is -0.495 e. The number of hydrogen-bond acceptors (Lipinski definition) is 3. The maximum absolute atomic E-state index is 10.9. The lowest BCUT2D eigenvalue weighted by Gasteiger charge is -2.08. The first-order valence-corrected chi connectivity index (χ1v) is 5.44. The zero-order valence-electron chi connectivity index (χ0n) is 7.37. The lowest BCUT2D eigenvalue weighted by Crippen LogP contribution is -2.10. The Labute approximate surface area is 77.6 Å². The molecule has 0 aliphatic carbocycles. The van der Waals surface area contributed by atoms with Crippen molar-refractivity contribution >= 4 is 15.7 Å². The van der Waals surface area contributed by atoms with Gasteiger partial charge in [-0.25, -0.2) is 8.42 Å². The van der Waals surface area contributed by atoms with E-state index in [1.54, 1.807) is 12.1 Å². The van der Waals surface area contributed by atoms with Crippen LogP contribution >= 0.6 is 0 Å². The minimum atomic E-state index is -3.26. The quantitative estimate of drug-likeness (QED) is 0.787. The Morgan fingerprint density at radius 1 is 1.54 bits per heavy atom. The van der Waals surface area contributed by atoms with Gasteiger partial charge in [-0.1, -0.05) is 6.07 Å². The van der Waals surface area contributed by atoms with Crippen molar-refractivity contribution in [3.8, 4) is 5.75 Å². The van der Waals surface area contributed by atoms with Crippen LogP contribution in [0.15, 0.2) is 18.2 Å². The molecule has 4 nitrogen and oxygen atoms in total. The third kappa shape index (κ3) is 2.95. The number of hydrogen-bond donors (Lipinski definition) is 1. The number of nitrogens with one attached hydrogen (secondary N) is 1. The molecule has 71 valence electrons. The van der Waals surface area contributed by atoms with E-state index in [2.05, 4.69) is 10.8 Å². The summed E-state index contributed by atoms with van der Waals surface area (Å²) in [5, 5.41) is 0. The van der Waals surface area contributed by atoms with Gasteiger partial charge in [-0.05, 0) is 18.2 Å². The molecule has 0 heterocycles. The molecule has 13 heavy (non-hydrogen) atoms. The van der Waals surface area contributed by atoms with Crippen LogP contribution in [0.3, 0.4) is 0 Å². The Hall–Kier alpha value is -1.23. The summed E-state index contributed by atoms with van der Waals surface area (Å²) >= 11 is 0.